The van der Waals surface area contributed by atoms with Gasteiger partial charge in [0.15, 0.2) is 5.78 Å². The molecule has 0 bridgehead atoms. The molecule has 1 saturated heterocycles. The highest BCUT2D eigenvalue weighted by atomic mass is 35.5. The van der Waals surface area contributed by atoms with Crippen LogP contribution in [-0.2, 0) is 9.53 Å². The molecule has 2 aromatic rings. The van der Waals surface area contributed by atoms with Crippen molar-refractivity contribution in [1.82, 2.24) is 0 Å². The zero-order valence-electron chi connectivity index (χ0n) is 13.9. The Labute approximate surface area is 165 Å². The van der Waals surface area contributed by atoms with Gasteiger partial charge in [-0.25, -0.2) is 4.79 Å². The molecule has 134 valence electrons. The Bertz CT molecular complexity index is 914. The summed E-state index contributed by atoms with van der Waals surface area (Å²) in [7, 11) is 0. The van der Waals surface area contributed by atoms with Crippen molar-refractivity contribution in [2.75, 3.05) is 6.61 Å². The third-order valence-corrected chi connectivity index (χ3v) is 5.27. The van der Waals surface area contributed by atoms with E-state index in [1.165, 1.54) is 11.8 Å². The van der Waals surface area contributed by atoms with Gasteiger partial charge in [-0.2, -0.15) is 0 Å². The molecule has 1 aliphatic rings. The number of carbonyl (C=O) groups excluding carboxylic acids is 2. The van der Waals surface area contributed by atoms with Crippen LogP contribution in [0.2, 0.25) is 5.02 Å². The van der Waals surface area contributed by atoms with Crippen molar-refractivity contribution in [1.29, 1.82) is 0 Å². The van der Waals surface area contributed by atoms with E-state index < -0.39 is 5.97 Å². The lowest BCUT2D eigenvalue weighted by Crippen LogP contribution is -2.06. The number of ether oxygens (including phenoxy) is 1. The van der Waals surface area contributed by atoms with Gasteiger partial charge in [-0.3, -0.25) is 4.79 Å². The Morgan fingerprint density at radius 1 is 1.38 bits per heavy atom. The first-order chi connectivity index (χ1) is 12.5. The normalized spacial score (nSPS) is 15.7. The summed E-state index contributed by atoms with van der Waals surface area (Å²) in [6.45, 7) is 2.26. The fraction of sp³-hybridized carbons (Fsp3) is 0.211. The molecule has 3 rings (SSSR count). The van der Waals surface area contributed by atoms with Crippen LogP contribution >= 0.6 is 35.6 Å². The van der Waals surface area contributed by atoms with Gasteiger partial charge in [0.05, 0.1) is 32.7 Å². The van der Waals surface area contributed by atoms with Crippen molar-refractivity contribution in [3.8, 4) is 11.3 Å². The summed E-state index contributed by atoms with van der Waals surface area (Å²) in [5, 5.41) is 0.324. The van der Waals surface area contributed by atoms with E-state index in [2.05, 4.69) is 0 Å². The van der Waals surface area contributed by atoms with Crippen LogP contribution in [0.15, 0.2) is 39.7 Å². The molecular formula is C19H15ClO4S2. The third kappa shape index (κ3) is 4.26. The molecular weight excluding hydrogens is 392 g/mol. The second kappa shape index (κ2) is 8.20. The smallest absolute Gasteiger partial charge is 0.339 e. The number of esters is 1. The first-order valence-corrected chi connectivity index (χ1v) is 9.60. The lowest BCUT2D eigenvalue weighted by molar-refractivity contribution is -0.113. The number of carbonyl (C=O) groups is 2. The van der Waals surface area contributed by atoms with Crippen molar-refractivity contribution in [2.45, 2.75) is 19.8 Å². The summed E-state index contributed by atoms with van der Waals surface area (Å²) >= 11 is 12.5. The highest BCUT2D eigenvalue weighted by Gasteiger charge is 2.23. The van der Waals surface area contributed by atoms with E-state index in [1.54, 1.807) is 36.4 Å². The Hall–Kier alpha value is -1.89. The SMILES string of the molecule is CCCOC(=O)c1cc(-c2ccc(/C=C3/SC(=S)CC3=O)o2)ccc1Cl. The van der Waals surface area contributed by atoms with Crippen LogP contribution in [0.3, 0.4) is 0 Å². The first-order valence-electron chi connectivity index (χ1n) is 8.00. The summed E-state index contributed by atoms with van der Waals surface area (Å²) in [5.41, 5.74) is 0.990. The number of benzene rings is 1. The molecule has 0 radical (unpaired) electrons. The van der Waals surface area contributed by atoms with Gasteiger partial charge in [0.1, 0.15) is 11.5 Å². The molecule has 1 aromatic carbocycles. The molecule has 0 saturated carbocycles. The number of Topliss-reactive ketones (excluding diaryl/α,β-unsaturated/α-hetero) is 1. The number of furan rings is 1. The average molecular weight is 407 g/mol. The van der Waals surface area contributed by atoms with Gasteiger partial charge in [0, 0.05) is 5.56 Å². The number of hydrogen-bond acceptors (Lipinski definition) is 6. The zero-order valence-corrected chi connectivity index (χ0v) is 16.3. The number of halogens is 1. The maximum Gasteiger partial charge on any atom is 0.339 e. The molecule has 26 heavy (non-hydrogen) atoms. The second-order valence-corrected chi connectivity index (χ2v) is 7.91. The van der Waals surface area contributed by atoms with Crippen molar-refractivity contribution in [3.63, 3.8) is 0 Å². The van der Waals surface area contributed by atoms with Crippen LogP contribution < -0.4 is 0 Å². The molecule has 0 unspecified atom stereocenters. The summed E-state index contributed by atoms with van der Waals surface area (Å²) in [5.74, 6) is 0.654. The predicted octanol–water partition coefficient (Wildman–Crippen LogP) is 5.54. The van der Waals surface area contributed by atoms with E-state index in [1.807, 2.05) is 6.92 Å². The minimum Gasteiger partial charge on any atom is -0.462 e. The molecule has 7 heteroatoms. The fourth-order valence-electron chi connectivity index (χ4n) is 2.37. The van der Waals surface area contributed by atoms with Crippen molar-refractivity contribution in [3.05, 3.63) is 51.6 Å². The Kier molecular flexibility index (Phi) is 5.96. The van der Waals surface area contributed by atoms with Crippen molar-refractivity contribution >= 4 is 57.6 Å². The lowest BCUT2D eigenvalue weighted by atomic mass is 10.1. The molecule has 0 atom stereocenters. The second-order valence-electron chi connectivity index (χ2n) is 5.62. The number of thioether (sulfide) groups is 1. The van der Waals surface area contributed by atoms with Gasteiger partial charge < -0.3 is 9.15 Å². The number of allylic oxidation sites excluding steroid dienone is 1. The van der Waals surface area contributed by atoms with E-state index in [-0.39, 0.29) is 5.78 Å². The molecule has 4 nitrogen and oxygen atoms in total. The standard InChI is InChI=1S/C19H15ClO4S2/c1-2-7-23-19(22)13-8-11(3-5-14(13)20)16-6-4-12(24-16)9-17-15(21)10-18(25)26-17/h3-6,8-9H,2,7,10H2,1H3/b17-9+. The van der Waals surface area contributed by atoms with E-state index in [4.69, 9.17) is 33.0 Å². The maximum absolute atomic E-state index is 12.1. The third-order valence-electron chi connectivity index (χ3n) is 3.61. The van der Waals surface area contributed by atoms with Gasteiger partial charge >= 0.3 is 5.97 Å². The van der Waals surface area contributed by atoms with Gasteiger partial charge in [-0.1, -0.05) is 42.5 Å². The van der Waals surface area contributed by atoms with Crippen molar-refractivity contribution in [2.24, 2.45) is 0 Å². The molecule has 1 aromatic heterocycles. The van der Waals surface area contributed by atoms with Crippen LogP contribution in [0.4, 0.5) is 0 Å². The molecule has 0 N–H and O–H groups in total. The Morgan fingerprint density at radius 2 is 2.19 bits per heavy atom. The Balaban J connectivity index is 1.85. The topological polar surface area (TPSA) is 56.5 Å². The number of ketones is 1. The van der Waals surface area contributed by atoms with Crippen LogP contribution in [0.25, 0.3) is 17.4 Å². The number of rotatable bonds is 5. The minimum absolute atomic E-state index is 0.00500. The first kappa shape index (κ1) is 18.9. The maximum atomic E-state index is 12.1. The highest BCUT2D eigenvalue weighted by Crippen LogP contribution is 2.33. The molecule has 1 fully saturated rings. The molecule has 2 heterocycles. The quantitative estimate of drug-likeness (QED) is 0.369. The minimum atomic E-state index is -0.464. The van der Waals surface area contributed by atoms with E-state index in [9.17, 15) is 9.59 Å². The van der Waals surface area contributed by atoms with Crippen LogP contribution in [-0.4, -0.2) is 22.6 Å². The van der Waals surface area contributed by atoms with Crippen LogP contribution in [0.1, 0.15) is 35.9 Å². The predicted molar refractivity (Wildman–Crippen MR) is 108 cm³/mol. The lowest BCUT2D eigenvalue weighted by Gasteiger charge is -2.06. The summed E-state index contributed by atoms with van der Waals surface area (Å²) in [6.07, 6.45) is 2.71. The average Bonchev–Trinajstić information content (AvgIpc) is 3.20. The van der Waals surface area contributed by atoms with E-state index in [0.29, 0.717) is 49.8 Å². The number of hydrogen-bond donors (Lipinski definition) is 0. The summed E-state index contributed by atoms with van der Waals surface area (Å²) < 4.78 is 11.6. The molecule has 0 amide bonds. The monoisotopic (exact) mass is 406 g/mol. The molecule has 0 aliphatic carbocycles. The summed E-state index contributed by atoms with van der Waals surface area (Å²) in [6, 6.07) is 8.58. The van der Waals surface area contributed by atoms with Gasteiger partial charge in [0.2, 0.25) is 0 Å². The van der Waals surface area contributed by atoms with E-state index in [0.717, 1.165) is 6.42 Å². The highest BCUT2D eigenvalue weighted by molar-refractivity contribution is 8.27. The van der Waals surface area contributed by atoms with Gasteiger partial charge in [0.25, 0.3) is 0 Å². The van der Waals surface area contributed by atoms with Crippen molar-refractivity contribution < 1.29 is 18.7 Å². The van der Waals surface area contributed by atoms with E-state index >= 15 is 0 Å². The fourth-order valence-corrected chi connectivity index (χ4v) is 3.77. The Morgan fingerprint density at radius 3 is 2.88 bits per heavy atom. The van der Waals surface area contributed by atoms with Gasteiger partial charge in [-0.15, -0.1) is 0 Å². The van der Waals surface area contributed by atoms with Gasteiger partial charge in [-0.05, 0) is 42.8 Å². The van der Waals surface area contributed by atoms with Crippen LogP contribution in [0, 0.1) is 0 Å². The van der Waals surface area contributed by atoms with Crippen LogP contribution in [0.5, 0.6) is 0 Å². The largest absolute Gasteiger partial charge is 0.462 e. The summed E-state index contributed by atoms with van der Waals surface area (Å²) in [4.78, 5) is 24.5. The number of thiocarbonyl (C=S) groups is 1. The zero-order chi connectivity index (χ0) is 18.7. The molecule has 1 aliphatic heterocycles. The molecule has 0 spiro atoms.